The molecule has 2 rings (SSSR count). The molecular weight excluding hydrogens is 254 g/mol. The van der Waals surface area contributed by atoms with Gasteiger partial charge in [-0.15, -0.1) is 0 Å². The van der Waals surface area contributed by atoms with Crippen molar-refractivity contribution in [2.24, 2.45) is 5.41 Å². The van der Waals surface area contributed by atoms with Crippen molar-refractivity contribution in [2.45, 2.75) is 46.5 Å². The lowest BCUT2D eigenvalue weighted by molar-refractivity contribution is 0.0675. The molecular formula is C15H25N3O2. The Labute approximate surface area is 120 Å². The van der Waals surface area contributed by atoms with Gasteiger partial charge in [0.15, 0.2) is 5.69 Å². The van der Waals surface area contributed by atoms with Gasteiger partial charge in [0, 0.05) is 31.0 Å². The van der Waals surface area contributed by atoms with Crippen molar-refractivity contribution in [3.05, 3.63) is 17.0 Å². The monoisotopic (exact) mass is 279 g/mol. The van der Waals surface area contributed by atoms with E-state index in [1.165, 1.54) is 0 Å². The van der Waals surface area contributed by atoms with Crippen LogP contribution in [0.25, 0.3) is 0 Å². The molecule has 1 aliphatic rings. The second-order valence-corrected chi connectivity index (χ2v) is 6.75. The molecule has 0 saturated heterocycles. The highest BCUT2D eigenvalue weighted by Gasteiger charge is 2.28. The van der Waals surface area contributed by atoms with E-state index in [1.54, 1.807) is 0 Å². The standard InChI is InChI=1S/C15H25N3O2/c1-15(2,3)10-18(8-5-9-19)14(20)13-11-6-4-7-12(11)16-17-13/h19H,4-10H2,1-3H3,(H,16,17). The van der Waals surface area contributed by atoms with Gasteiger partial charge >= 0.3 is 0 Å². The maximum Gasteiger partial charge on any atom is 0.274 e. The number of hydrogen-bond donors (Lipinski definition) is 2. The van der Waals surface area contributed by atoms with E-state index in [9.17, 15) is 4.79 Å². The first-order valence-corrected chi connectivity index (χ1v) is 7.38. The number of aliphatic hydroxyl groups excluding tert-OH is 1. The van der Waals surface area contributed by atoms with Crippen LogP contribution >= 0.6 is 0 Å². The number of amides is 1. The zero-order valence-corrected chi connectivity index (χ0v) is 12.7. The molecule has 1 amide bonds. The molecule has 1 aromatic rings. The topological polar surface area (TPSA) is 69.2 Å². The van der Waals surface area contributed by atoms with Gasteiger partial charge in [-0.2, -0.15) is 5.10 Å². The number of carbonyl (C=O) groups excluding carboxylic acids is 1. The average molecular weight is 279 g/mol. The van der Waals surface area contributed by atoms with Crippen LogP contribution < -0.4 is 0 Å². The van der Waals surface area contributed by atoms with E-state index in [2.05, 4.69) is 31.0 Å². The third-order valence-electron chi connectivity index (χ3n) is 3.55. The SMILES string of the molecule is CC(C)(C)CN(CCCO)C(=O)c1n[nH]c2c1CCC2. The van der Waals surface area contributed by atoms with E-state index in [0.29, 0.717) is 25.2 Å². The first-order chi connectivity index (χ1) is 9.42. The number of hydrogen-bond acceptors (Lipinski definition) is 3. The minimum Gasteiger partial charge on any atom is -0.396 e. The summed E-state index contributed by atoms with van der Waals surface area (Å²) < 4.78 is 0. The highest BCUT2D eigenvalue weighted by atomic mass is 16.3. The number of carbonyl (C=O) groups is 1. The third kappa shape index (κ3) is 3.39. The number of rotatable bonds is 5. The van der Waals surface area contributed by atoms with Crippen LogP contribution in [0.15, 0.2) is 0 Å². The minimum absolute atomic E-state index is 0.00669. The maximum atomic E-state index is 12.7. The second-order valence-electron chi connectivity index (χ2n) is 6.75. The molecule has 0 bridgehead atoms. The third-order valence-corrected chi connectivity index (χ3v) is 3.55. The molecule has 5 nitrogen and oxygen atoms in total. The van der Waals surface area contributed by atoms with Crippen LogP contribution in [0.3, 0.4) is 0 Å². The van der Waals surface area contributed by atoms with E-state index in [4.69, 9.17) is 5.11 Å². The first-order valence-electron chi connectivity index (χ1n) is 7.38. The smallest absolute Gasteiger partial charge is 0.274 e. The molecule has 1 heterocycles. The van der Waals surface area contributed by atoms with Crippen molar-refractivity contribution in [3.63, 3.8) is 0 Å². The van der Waals surface area contributed by atoms with E-state index < -0.39 is 0 Å². The van der Waals surface area contributed by atoms with Gasteiger partial charge in [-0.25, -0.2) is 0 Å². The van der Waals surface area contributed by atoms with Crippen molar-refractivity contribution in [3.8, 4) is 0 Å². The van der Waals surface area contributed by atoms with Gasteiger partial charge in [-0.05, 0) is 31.1 Å². The van der Waals surface area contributed by atoms with Crippen LogP contribution in [-0.2, 0) is 12.8 Å². The highest BCUT2D eigenvalue weighted by Crippen LogP contribution is 2.25. The molecule has 0 aromatic carbocycles. The van der Waals surface area contributed by atoms with Gasteiger partial charge in [0.2, 0.25) is 0 Å². The van der Waals surface area contributed by atoms with E-state index >= 15 is 0 Å². The highest BCUT2D eigenvalue weighted by molar-refractivity contribution is 5.94. The van der Waals surface area contributed by atoms with Crippen molar-refractivity contribution in [1.29, 1.82) is 0 Å². The van der Waals surface area contributed by atoms with Gasteiger partial charge in [-0.3, -0.25) is 9.89 Å². The number of nitrogens with zero attached hydrogens (tertiary/aromatic N) is 2. The number of aromatic nitrogens is 2. The second kappa shape index (κ2) is 5.95. The number of aryl methyl sites for hydroxylation is 1. The van der Waals surface area contributed by atoms with Crippen LogP contribution in [0.5, 0.6) is 0 Å². The average Bonchev–Trinajstić information content (AvgIpc) is 2.94. The number of aliphatic hydroxyl groups is 1. The molecule has 112 valence electrons. The van der Waals surface area contributed by atoms with Gasteiger partial charge in [0.25, 0.3) is 5.91 Å². The van der Waals surface area contributed by atoms with Crippen LogP contribution in [0.2, 0.25) is 0 Å². The summed E-state index contributed by atoms with van der Waals surface area (Å²) in [7, 11) is 0. The Kier molecular flexibility index (Phi) is 4.48. The van der Waals surface area contributed by atoms with E-state index in [0.717, 1.165) is 30.5 Å². The largest absolute Gasteiger partial charge is 0.396 e. The van der Waals surface area contributed by atoms with Gasteiger partial charge in [0.1, 0.15) is 0 Å². The molecule has 0 spiro atoms. The quantitative estimate of drug-likeness (QED) is 0.863. The Morgan fingerprint density at radius 3 is 2.80 bits per heavy atom. The van der Waals surface area contributed by atoms with Gasteiger partial charge in [0.05, 0.1) is 0 Å². The Hall–Kier alpha value is -1.36. The summed E-state index contributed by atoms with van der Waals surface area (Å²) in [6, 6.07) is 0. The predicted molar refractivity (Wildman–Crippen MR) is 77.7 cm³/mol. The van der Waals surface area contributed by atoms with Crippen LogP contribution in [0, 0.1) is 5.41 Å². The molecule has 0 atom stereocenters. The van der Waals surface area contributed by atoms with Crippen molar-refractivity contribution in [2.75, 3.05) is 19.7 Å². The molecule has 1 aliphatic carbocycles. The lowest BCUT2D eigenvalue weighted by atomic mass is 9.95. The van der Waals surface area contributed by atoms with Crippen molar-refractivity contribution >= 4 is 5.91 Å². The summed E-state index contributed by atoms with van der Waals surface area (Å²) in [6.07, 6.45) is 3.64. The lowest BCUT2D eigenvalue weighted by Gasteiger charge is -2.29. The summed E-state index contributed by atoms with van der Waals surface area (Å²) >= 11 is 0. The Balaban J connectivity index is 2.16. The van der Waals surface area contributed by atoms with Crippen LogP contribution in [0.1, 0.15) is 55.4 Å². The summed E-state index contributed by atoms with van der Waals surface area (Å²) in [4.78, 5) is 14.5. The molecule has 0 aliphatic heterocycles. The van der Waals surface area contributed by atoms with E-state index in [1.807, 2.05) is 4.90 Å². The predicted octanol–water partition coefficient (Wildman–Crippen LogP) is 1.77. The van der Waals surface area contributed by atoms with Crippen molar-refractivity contribution in [1.82, 2.24) is 15.1 Å². The Bertz CT molecular complexity index is 474. The molecule has 1 aromatic heterocycles. The lowest BCUT2D eigenvalue weighted by Crippen LogP contribution is -2.39. The maximum absolute atomic E-state index is 12.7. The summed E-state index contributed by atoms with van der Waals surface area (Å²) in [5.41, 5.74) is 2.83. The van der Waals surface area contributed by atoms with Crippen molar-refractivity contribution < 1.29 is 9.90 Å². The fourth-order valence-corrected chi connectivity index (χ4v) is 2.73. The van der Waals surface area contributed by atoms with E-state index in [-0.39, 0.29) is 17.9 Å². The van der Waals surface area contributed by atoms with Crippen LogP contribution in [-0.4, -0.2) is 45.8 Å². The summed E-state index contributed by atoms with van der Waals surface area (Å²) in [5.74, 6) is -0.00669. The molecule has 0 unspecified atom stereocenters. The number of H-pyrrole nitrogens is 1. The first kappa shape index (κ1) is 15.0. The fourth-order valence-electron chi connectivity index (χ4n) is 2.73. The normalized spacial score (nSPS) is 14.4. The molecule has 20 heavy (non-hydrogen) atoms. The molecule has 0 fully saturated rings. The zero-order valence-electron chi connectivity index (χ0n) is 12.7. The minimum atomic E-state index is -0.00669. The molecule has 2 N–H and O–H groups in total. The van der Waals surface area contributed by atoms with Crippen LogP contribution in [0.4, 0.5) is 0 Å². The Morgan fingerprint density at radius 2 is 2.15 bits per heavy atom. The summed E-state index contributed by atoms with van der Waals surface area (Å²) in [5, 5.41) is 16.2. The molecule has 0 saturated carbocycles. The zero-order chi connectivity index (χ0) is 14.8. The number of fused-ring (bicyclic) bond motifs is 1. The summed E-state index contributed by atoms with van der Waals surface area (Å²) in [6.45, 7) is 7.69. The molecule has 5 heteroatoms. The molecule has 0 radical (unpaired) electrons. The van der Waals surface area contributed by atoms with Gasteiger partial charge in [-0.1, -0.05) is 20.8 Å². The van der Waals surface area contributed by atoms with Gasteiger partial charge < -0.3 is 10.0 Å². The fraction of sp³-hybridized carbons (Fsp3) is 0.733. The number of nitrogens with one attached hydrogen (secondary N) is 1. The number of aromatic amines is 1. The Morgan fingerprint density at radius 1 is 1.40 bits per heavy atom.